The van der Waals surface area contributed by atoms with Crippen molar-refractivity contribution in [3.63, 3.8) is 0 Å². The molecule has 20 heavy (non-hydrogen) atoms. The summed E-state index contributed by atoms with van der Waals surface area (Å²) >= 11 is 17.2. The Labute approximate surface area is 134 Å². The third kappa shape index (κ3) is 4.37. The van der Waals surface area contributed by atoms with E-state index < -0.39 is 0 Å². The molecule has 2 nitrogen and oxygen atoms in total. The van der Waals surface area contributed by atoms with Gasteiger partial charge in [0.25, 0.3) is 0 Å². The molecule has 0 aliphatic rings. The van der Waals surface area contributed by atoms with E-state index in [2.05, 4.69) is 10.6 Å². The Morgan fingerprint density at radius 1 is 1.15 bits per heavy atom. The molecule has 0 fully saturated rings. The maximum absolute atomic E-state index is 6.09. The van der Waals surface area contributed by atoms with Crippen LogP contribution in [0.5, 0.6) is 0 Å². The van der Waals surface area contributed by atoms with Crippen molar-refractivity contribution in [2.75, 3.05) is 5.32 Å². The van der Waals surface area contributed by atoms with Crippen LogP contribution < -0.4 is 10.6 Å². The maximum atomic E-state index is 6.09. The second-order valence-electron chi connectivity index (χ2n) is 4.40. The van der Waals surface area contributed by atoms with Crippen molar-refractivity contribution in [3.05, 3.63) is 63.6 Å². The number of aryl methyl sites for hydroxylation is 1. The lowest BCUT2D eigenvalue weighted by molar-refractivity contribution is 0.925. The Morgan fingerprint density at radius 2 is 1.95 bits per heavy atom. The van der Waals surface area contributed by atoms with Gasteiger partial charge >= 0.3 is 0 Å². The number of anilines is 1. The van der Waals surface area contributed by atoms with E-state index in [0.717, 1.165) is 21.8 Å². The molecule has 0 amide bonds. The van der Waals surface area contributed by atoms with Crippen molar-refractivity contribution in [1.82, 2.24) is 5.32 Å². The first-order chi connectivity index (χ1) is 9.54. The summed E-state index contributed by atoms with van der Waals surface area (Å²) in [4.78, 5) is 0. The Hall–Kier alpha value is -1.29. The minimum Gasteiger partial charge on any atom is -0.358 e. The highest BCUT2D eigenvalue weighted by Gasteiger charge is 2.01. The predicted molar refractivity (Wildman–Crippen MR) is 90.7 cm³/mol. The van der Waals surface area contributed by atoms with E-state index in [1.54, 1.807) is 0 Å². The average molecular weight is 325 g/mol. The number of halogens is 2. The molecule has 0 radical (unpaired) electrons. The van der Waals surface area contributed by atoms with Gasteiger partial charge in [0.2, 0.25) is 0 Å². The van der Waals surface area contributed by atoms with Crippen molar-refractivity contribution < 1.29 is 0 Å². The normalized spacial score (nSPS) is 10.2. The summed E-state index contributed by atoms with van der Waals surface area (Å²) in [5, 5.41) is 8.19. The van der Waals surface area contributed by atoms with E-state index in [1.807, 2.05) is 49.4 Å². The van der Waals surface area contributed by atoms with Gasteiger partial charge in [-0.2, -0.15) is 0 Å². The average Bonchev–Trinajstić information content (AvgIpc) is 2.40. The molecule has 0 aliphatic heterocycles. The van der Waals surface area contributed by atoms with E-state index >= 15 is 0 Å². The van der Waals surface area contributed by atoms with Crippen LogP contribution in [0.2, 0.25) is 10.0 Å². The molecular weight excluding hydrogens is 311 g/mol. The van der Waals surface area contributed by atoms with Crippen LogP contribution in [0.4, 0.5) is 5.69 Å². The second kappa shape index (κ2) is 6.93. The number of hydrogen-bond acceptors (Lipinski definition) is 1. The number of nitrogens with one attached hydrogen (secondary N) is 2. The van der Waals surface area contributed by atoms with Gasteiger partial charge in [-0.15, -0.1) is 0 Å². The third-order valence-electron chi connectivity index (χ3n) is 2.77. The summed E-state index contributed by atoms with van der Waals surface area (Å²) in [7, 11) is 0. The summed E-state index contributed by atoms with van der Waals surface area (Å²) in [6.45, 7) is 2.59. The van der Waals surface area contributed by atoms with E-state index in [9.17, 15) is 0 Å². The third-order valence-corrected chi connectivity index (χ3v) is 3.66. The Morgan fingerprint density at radius 3 is 2.65 bits per heavy atom. The minimum atomic E-state index is 0.545. The van der Waals surface area contributed by atoms with Gasteiger partial charge in [0, 0.05) is 22.3 Å². The summed E-state index contributed by atoms with van der Waals surface area (Å²) in [6, 6.07) is 13.4. The van der Waals surface area contributed by atoms with Crippen LogP contribution in [0.25, 0.3) is 0 Å². The molecule has 2 rings (SSSR count). The minimum absolute atomic E-state index is 0.545. The van der Waals surface area contributed by atoms with E-state index in [-0.39, 0.29) is 0 Å². The lowest BCUT2D eigenvalue weighted by Crippen LogP contribution is -2.27. The first kappa shape index (κ1) is 15.1. The molecule has 0 unspecified atom stereocenters. The SMILES string of the molecule is Cc1ccc(CNC(=S)Nc2cccc(Cl)c2)cc1Cl. The van der Waals surface area contributed by atoms with Crippen LogP contribution in [-0.4, -0.2) is 5.11 Å². The van der Waals surface area contributed by atoms with E-state index in [1.165, 1.54) is 0 Å². The smallest absolute Gasteiger partial charge is 0.171 e. The van der Waals surface area contributed by atoms with Crippen LogP contribution in [0.1, 0.15) is 11.1 Å². The molecule has 2 aromatic carbocycles. The van der Waals surface area contributed by atoms with Gasteiger partial charge in [0.05, 0.1) is 0 Å². The number of rotatable bonds is 3. The van der Waals surface area contributed by atoms with Crippen molar-refractivity contribution in [1.29, 1.82) is 0 Å². The van der Waals surface area contributed by atoms with Gasteiger partial charge < -0.3 is 10.6 Å². The molecule has 0 heterocycles. The zero-order valence-electron chi connectivity index (χ0n) is 10.9. The fraction of sp³-hybridized carbons (Fsp3) is 0.133. The molecule has 104 valence electrons. The molecule has 0 atom stereocenters. The van der Waals surface area contributed by atoms with Crippen molar-refractivity contribution in [2.45, 2.75) is 13.5 Å². The number of thiocarbonyl (C=S) groups is 1. The highest BCUT2D eigenvalue weighted by molar-refractivity contribution is 7.80. The monoisotopic (exact) mass is 324 g/mol. The van der Waals surface area contributed by atoms with E-state index in [0.29, 0.717) is 16.7 Å². The lowest BCUT2D eigenvalue weighted by atomic mass is 10.1. The molecule has 0 aromatic heterocycles. The maximum Gasteiger partial charge on any atom is 0.171 e. The highest BCUT2D eigenvalue weighted by atomic mass is 35.5. The Bertz CT molecular complexity index is 629. The predicted octanol–water partition coefficient (Wildman–Crippen LogP) is 4.79. The first-order valence-corrected chi connectivity index (χ1v) is 7.26. The first-order valence-electron chi connectivity index (χ1n) is 6.10. The quantitative estimate of drug-likeness (QED) is 0.794. The van der Waals surface area contributed by atoms with Gasteiger partial charge in [-0.25, -0.2) is 0 Å². The molecule has 0 saturated carbocycles. The largest absolute Gasteiger partial charge is 0.358 e. The Kier molecular flexibility index (Phi) is 5.24. The standard InChI is InChI=1S/C15H14Cl2N2S/c1-10-5-6-11(7-14(10)17)9-18-15(20)19-13-4-2-3-12(16)8-13/h2-8H,9H2,1H3,(H2,18,19,20). The van der Waals surface area contributed by atoms with Crippen molar-refractivity contribution >= 4 is 46.2 Å². The van der Waals surface area contributed by atoms with Crippen LogP contribution in [-0.2, 0) is 6.54 Å². The van der Waals surface area contributed by atoms with Gasteiger partial charge in [-0.05, 0) is 54.5 Å². The molecule has 2 N–H and O–H groups in total. The van der Waals surface area contributed by atoms with Gasteiger partial charge in [-0.3, -0.25) is 0 Å². The van der Waals surface area contributed by atoms with E-state index in [4.69, 9.17) is 35.4 Å². The van der Waals surface area contributed by atoms with Gasteiger partial charge in [-0.1, -0.05) is 41.4 Å². The van der Waals surface area contributed by atoms with Gasteiger partial charge in [0.1, 0.15) is 0 Å². The zero-order chi connectivity index (χ0) is 14.5. The van der Waals surface area contributed by atoms with Gasteiger partial charge in [0.15, 0.2) is 5.11 Å². The van der Waals surface area contributed by atoms with Crippen LogP contribution in [0, 0.1) is 6.92 Å². The molecule has 0 spiro atoms. The molecule has 0 bridgehead atoms. The topological polar surface area (TPSA) is 24.1 Å². The molecule has 5 heteroatoms. The molecule has 0 saturated heterocycles. The molecule has 0 aliphatic carbocycles. The number of benzene rings is 2. The van der Waals surface area contributed by atoms with Crippen LogP contribution >= 0.6 is 35.4 Å². The van der Waals surface area contributed by atoms with Crippen molar-refractivity contribution in [2.24, 2.45) is 0 Å². The fourth-order valence-corrected chi connectivity index (χ4v) is 2.25. The highest BCUT2D eigenvalue weighted by Crippen LogP contribution is 2.17. The van der Waals surface area contributed by atoms with Crippen LogP contribution in [0.15, 0.2) is 42.5 Å². The lowest BCUT2D eigenvalue weighted by Gasteiger charge is -2.11. The van der Waals surface area contributed by atoms with Crippen LogP contribution in [0.3, 0.4) is 0 Å². The second-order valence-corrected chi connectivity index (χ2v) is 5.65. The Balaban J connectivity index is 1.90. The zero-order valence-corrected chi connectivity index (χ0v) is 13.2. The summed E-state index contributed by atoms with van der Waals surface area (Å²) in [5.41, 5.74) is 3.00. The molecular formula is C15H14Cl2N2S. The summed E-state index contributed by atoms with van der Waals surface area (Å²) in [6.07, 6.45) is 0. The molecule has 2 aromatic rings. The summed E-state index contributed by atoms with van der Waals surface area (Å²) in [5.74, 6) is 0. The number of hydrogen-bond donors (Lipinski definition) is 2. The fourth-order valence-electron chi connectivity index (χ4n) is 1.67. The summed E-state index contributed by atoms with van der Waals surface area (Å²) < 4.78 is 0. The van der Waals surface area contributed by atoms with Crippen molar-refractivity contribution in [3.8, 4) is 0 Å².